The van der Waals surface area contributed by atoms with Gasteiger partial charge in [0.1, 0.15) is 5.82 Å². The van der Waals surface area contributed by atoms with Gasteiger partial charge in [0.25, 0.3) is 0 Å². The van der Waals surface area contributed by atoms with Gasteiger partial charge >= 0.3 is 0 Å². The number of halogens is 2. The zero-order valence-electron chi connectivity index (χ0n) is 11.7. The van der Waals surface area contributed by atoms with Crippen LogP contribution in [-0.2, 0) is 6.42 Å². The topological polar surface area (TPSA) is 0 Å². The highest BCUT2D eigenvalue weighted by Crippen LogP contribution is 2.17. The molecule has 0 nitrogen and oxygen atoms in total. The van der Waals surface area contributed by atoms with Crippen LogP contribution in [0.25, 0.3) is 0 Å². The Morgan fingerprint density at radius 3 is 2.16 bits per heavy atom. The SMILES string of the molecule is CC(C)c1cccc(Cl)c1.CCc1cccc(F)c1. The van der Waals surface area contributed by atoms with Gasteiger partial charge in [-0.05, 0) is 47.7 Å². The van der Waals surface area contributed by atoms with E-state index in [0.29, 0.717) is 5.92 Å². The first-order valence-electron chi connectivity index (χ1n) is 6.52. The number of hydrogen-bond acceptors (Lipinski definition) is 0. The van der Waals surface area contributed by atoms with Gasteiger partial charge < -0.3 is 0 Å². The Balaban J connectivity index is 0.000000191. The van der Waals surface area contributed by atoms with E-state index < -0.39 is 0 Å². The molecule has 0 radical (unpaired) electrons. The van der Waals surface area contributed by atoms with Gasteiger partial charge in [-0.3, -0.25) is 0 Å². The van der Waals surface area contributed by atoms with Crippen LogP contribution < -0.4 is 0 Å². The van der Waals surface area contributed by atoms with E-state index in [2.05, 4.69) is 19.9 Å². The second-order valence-corrected chi connectivity index (χ2v) is 5.13. The first kappa shape index (κ1) is 15.7. The molecule has 2 aromatic rings. The smallest absolute Gasteiger partial charge is 0.123 e. The van der Waals surface area contributed by atoms with E-state index in [-0.39, 0.29) is 5.82 Å². The van der Waals surface area contributed by atoms with Crippen molar-refractivity contribution in [3.63, 3.8) is 0 Å². The lowest BCUT2D eigenvalue weighted by atomic mass is 10.0. The van der Waals surface area contributed by atoms with Crippen molar-refractivity contribution < 1.29 is 4.39 Å². The summed E-state index contributed by atoms with van der Waals surface area (Å²) in [6, 6.07) is 14.6. The molecule has 2 heteroatoms. The van der Waals surface area contributed by atoms with Crippen molar-refractivity contribution in [3.05, 3.63) is 70.5 Å². The minimum Gasteiger partial charge on any atom is -0.207 e. The van der Waals surface area contributed by atoms with Crippen LogP contribution in [-0.4, -0.2) is 0 Å². The zero-order valence-corrected chi connectivity index (χ0v) is 12.4. The fourth-order valence-electron chi connectivity index (χ4n) is 1.62. The molecule has 0 atom stereocenters. The lowest BCUT2D eigenvalue weighted by Crippen LogP contribution is -1.84. The highest BCUT2D eigenvalue weighted by molar-refractivity contribution is 6.30. The van der Waals surface area contributed by atoms with E-state index in [1.807, 2.05) is 31.2 Å². The van der Waals surface area contributed by atoms with Crippen LogP contribution in [0.3, 0.4) is 0 Å². The molecular formula is C17H20ClF. The molecule has 0 spiro atoms. The lowest BCUT2D eigenvalue weighted by molar-refractivity contribution is 0.625. The Labute approximate surface area is 120 Å². The molecule has 2 rings (SSSR count). The Morgan fingerprint density at radius 1 is 1.05 bits per heavy atom. The minimum absolute atomic E-state index is 0.144. The summed E-state index contributed by atoms with van der Waals surface area (Å²) in [7, 11) is 0. The maximum atomic E-state index is 12.4. The summed E-state index contributed by atoms with van der Waals surface area (Å²) in [6.07, 6.45) is 0.901. The largest absolute Gasteiger partial charge is 0.207 e. The fourth-order valence-corrected chi connectivity index (χ4v) is 1.82. The first-order valence-corrected chi connectivity index (χ1v) is 6.90. The second-order valence-electron chi connectivity index (χ2n) is 4.69. The van der Waals surface area contributed by atoms with Crippen LogP contribution in [0.4, 0.5) is 4.39 Å². The Kier molecular flexibility index (Phi) is 6.58. The molecule has 0 N–H and O–H groups in total. The normalized spacial score (nSPS) is 10.0. The maximum absolute atomic E-state index is 12.4. The third kappa shape index (κ3) is 5.89. The van der Waals surface area contributed by atoms with Gasteiger partial charge in [0.2, 0.25) is 0 Å². The fraction of sp³-hybridized carbons (Fsp3) is 0.294. The average molecular weight is 279 g/mol. The van der Waals surface area contributed by atoms with Crippen molar-refractivity contribution in [3.8, 4) is 0 Å². The van der Waals surface area contributed by atoms with E-state index in [0.717, 1.165) is 17.0 Å². The molecule has 0 aliphatic heterocycles. The van der Waals surface area contributed by atoms with Gasteiger partial charge in [-0.1, -0.05) is 56.6 Å². The van der Waals surface area contributed by atoms with Gasteiger partial charge in [0, 0.05) is 5.02 Å². The van der Waals surface area contributed by atoms with Gasteiger partial charge in [-0.15, -0.1) is 0 Å². The molecule has 102 valence electrons. The van der Waals surface area contributed by atoms with Crippen LogP contribution in [0.2, 0.25) is 5.02 Å². The maximum Gasteiger partial charge on any atom is 0.123 e. The van der Waals surface area contributed by atoms with Gasteiger partial charge in [-0.2, -0.15) is 0 Å². The van der Waals surface area contributed by atoms with Crippen molar-refractivity contribution in [1.82, 2.24) is 0 Å². The molecule has 0 saturated heterocycles. The molecule has 0 aliphatic carbocycles. The van der Waals surface area contributed by atoms with E-state index >= 15 is 0 Å². The molecule has 0 heterocycles. The van der Waals surface area contributed by atoms with E-state index in [1.165, 1.54) is 11.6 Å². The average Bonchev–Trinajstić information content (AvgIpc) is 2.39. The molecule has 2 aromatic carbocycles. The van der Waals surface area contributed by atoms with Crippen molar-refractivity contribution >= 4 is 11.6 Å². The molecule has 0 amide bonds. The van der Waals surface area contributed by atoms with Crippen LogP contribution in [0, 0.1) is 5.82 Å². The van der Waals surface area contributed by atoms with Crippen LogP contribution in [0.1, 0.15) is 37.8 Å². The molecule has 0 bridgehead atoms. The number of aryl methyl sites for hydroxylation is 1. The molecule has 0 saturated carbocycles. The molecule has 0 fully saturated rings. The zero-order chi connectivity index (χ0) is 14.3. The number of benzene rings is 2. The highest BCUT2D eigenvalue weighted by atomic mass is 35.5. The Bertz CT molecular complexity index is 506. The Hall–Kier alpha value is -1.34. The molecule has 0 aromatic heterocycles. The van der Waals surface area contributed by atoms with Crippen molar-refractivity contribution in [2.24, 2.45) is 0 Å². The summed E-state index contributed by atoms with van der Waals surface area (Å²) >= 11 is 5.79. The van der Waals surface area contributed by atoms with Crippen LogP contribution >= 0.6 is 11.6 Å². The minimum atomic E-state index is -0.144. The van der Waals surface area contributed by atoms with Crippen molar-refractivity contribution in [1.29, 1.82) is 0 Å². The summed E-state index contributed by atoms with van der Waals surface area (Å²) in [5.41, 5.74) is 2.35. The van der Waals surface area contributed by atoms with E-state index in [9.17, 15) is 4.39 Å². The first-order chi connectivity index (χ1) is 9.02. The summed E-state index contributed by atoms with van der Waals surface area (Å²) in [4.78, 5) is 0. The van der Waals surface area contributed by atoms with Crippen molar-refractivity contribution in [2.75, 3.05) is 0 Å². The molecule has 0 aliphatic rings. The quantitative estimate of drug-likeness (QED) is 0.646. The predicted molar refractivity (Wildman–Crippen MR) is 81.3 cm³/mol. The standard InChI is InChI=1S/C9H11Cl.C8H9F/c1-7(2)8-4-3-5-9(10)6-8;1-2-7-4-3-5-8(9)6-7/h3-7H,1-2H3;3-6H,2H2,1H3. The summed E-state index contributed by atoms with van der Waals surface area (Å²) < 4.78 is 12.4. The Morgan fingerprint density at radius 2 is 1.74 bits per heavy atom. The van der Waals surface area contributed by atoms with E-state index in [4.69, 9.17) is 11.6 Å². The van der Waals surface area contributed by atoms with Crippen LogP contribution in [0.5, 0.6) is 0 Å². The number of rotatable bonds is 2. The summed E-state index contributed by atoms with van der Waals surface area (Å²) in [5.74, 6) is 0.424. The highest BCUT2D eigenvalue weighted by Gasteiger charge is 1.97. The number of hydrogen-bond donors (Lipinski definition) is 0. The second kappa shape index (κ2) is 7.96. The predicted octanol–water partition coefficient (Wildman–Crippen LogP) is 5.85. The molecule has 0 unspecified atom stereocenters. The monoisotopic (exact) mass is 278 g/mol. The van der Waals surface area contributed by atoms with Gasteiger partial charge in [-0.25, -0.2) is 4.39 Å². The molecular weight excluding hydrogens is 259 g/mol. The van der Waals surface area contributed by atoms with E-state index in [1.54, 1.807) is 12.1 Å². The van der Waals surface area contributed by atoms with Crippen LogP contribution in [0.15, 0.2) is 48.5 Å². The van der Waals surface area contributed by atoms with Gasteiger partial charge in [0.05, 0.1) is 0 Å². The third-order valence-electron chi connectivity index (χ3n) is 2.81. The summed E-state index contributed by atoms with van der Waals surface area (Å²) in [6.45, 7) is 6.33. The lowest BCUT2D eigenvalue weighted by Gasteiger charge is -2.03. The van der Waals surface area contributed by atoms with Crippen molar-refractivity contribution in [2.45, 2.75) is 33.1 Å². The summed E-state index contributed by atoms with van der Waals surface area (Å²) in [5, 5.41) is 0.825. The van der Waals surface area contributed by atoms with Gasteiger partial charge in [0.15, 0.2) is 0 Å². The molecule has 19 heavy (non-hydrogen) atoms. The third-order valence-corrected chi connectivity index (χ3v) is 3.05.